The highest BCUT2D eigenvalue weighted by molar-refractivity contribution is 6.33. The number of hydrogen-bond donors (Lipinski definition) is 2. The van der Waals surface area contributed by atoms with Crippen LogP contribution in [0.3, 0.4) is 0 Å². The third kappa shape index (κ3) is 6.94. The van der Waals surface area contributed by atoms with Crippen molar-refractivity contribution in [3.05, 3.63) is 34.9 Å². The van der Waals surface area contributed by atoms with E-state index in [1.807, 2.05) is 31.2 Å². The van der Waals surface area contributed by atoms with Crippen molar-refractivity contribution in [2.75, 3.05) is 13.2 Å². The molecule has 1 aliphatic heterocycles. The number of ether oxygens (including phenoxy) is 2. The largest absolute Gasteiger partial charge is 0.376 e. The number of nitrogens with one attached hydrogen (secondary N) is 2. The molecule has 1 aromatic rings. The molecule has 2 aliphatic rings. The highest BCUT2D eigenvalue weighted by Gasteiger charge is 2.33. The molecule has 1 heterocycles. The number of alkyl halides is 1. The van der Waals surface area contributed by atoms with E-state index in [9.17, 15) is 4.79 Å². The van der Waals surface area contributed by atoms with Crippen LogP contribution in [0.15, 0.2) is 34.3 Å². The second kappa shape index (κ2) is 11.1. The molecule has 0 radical (unpaired) electrons. The zero-order valence-electron chi connectivity index (χ0n) is 17.2. The normalized spacial score (nSPS) is 26.5. The van der Waals surface area contributed by atoms with Crippen LogP contribution < -0.4 is 10.6 Å². The molecular formula is C21H28Cl2N4O3. The lowest BCUT2D eigenvalue weighted by Gasteiger charge is -2.36. The lowest BCUT2D eigenvalue weighted by Crippen LogP contribution is -2.43. The van der Waals surface area contributed by atoms with Crippen LogP contribution in [0, 0.1) is 5.92 Å². The summed E-state index contributed by atoms with van der Waals surface area (Å²) in [4.78, 5) is 19.5. The van der Waals surface area contributed by atoms with E-state index in [0.717, 1.165) is 18.4 Å². The molecule has 2 N–H and O–H groups in total. The van der Waals surface area contributed by atoms with Crippen LogP contribution in [-0.4, -0.2) is 55.0 Å². The molecule has 0 aromatic heterocycles. The van der Waals surface area contributed by atoms with Gasteiger partial charge in [0, 0.05) is 24.5 Å². The second-order valence-corrected chi connectivity index (χ2v) is 8.69. The van der Waals surface area contributed by atoms with E-state index in [0.29, 0.717) is 36.5 Å². The molecule has 1 aromatic carbocycles. The Morgan fingerprint density at radius 3 is 2.70 bits per heavy atom. The van der Waals surface area contributed by atoms with Gasteiger partial charge >= 0.3 is 0 Å². The SMILES string of the molecule is CC(=O)N[C@@H](C)CO[C@H]1C[C@H](COC2N=CN=C(NCc3ccc(Cl)cc3)C2Cl)C1. The fourth-order valence-electron chi connectivity index (χ4n) is 3.36. The topological polar surface area (TPSA) is 84.3 Å². The van der Waals surface area contributed by atoms with Gasteiger partial charge in [-0.2, -0.15) is 0 Å². The number of hydrogen-bond acceptors (Lipinski definition) is 6. The minimum absolute atomic E-state index is 0.0180. The predicted octanol–water partition coefficient (Wildman–Crippen LogP) is 3.14. The summed E-state index contributed by atoms with van der Waals surface area (Å²) >= 11 is 12.4. The Kier molecular flexibility index (Phi) is 8.50. The number of aliphatic imine (C=N–C) groups is 2. The zero-order chi connectivity index (χ0) is 21.5. The standard InChI is InChI=1S/C21H28Cl2N4O3/c1-13(27-14(2)28)10-29-18-7-16(8-18)11-30-21-19(23)20(25-12-26-21)24-9-15-3-5-17(22)6-4-15/h3-6,12-13,16,18-19,21H,7-11H2,1-2H3,(H,27,28)(H,24,25,26)/t13-,16-,18-,19?,21?/m0/s1. The van der Waals surface area contributed by atoms with Crippen LogP contribution in [-0.2, 0) is 20.8 Å². The fraction of sp³-hybridized carbons (Fsp3) is 0.571. The Labute approximate surface area is 187 Å². The molecule has 2 unspecified atom stereocenters. The Balaban J connectivity index is 1.34. The first-order chi connectivity index (χ1) is 14.4. The fourth-order valence-corrected chi connectivity index (χ4v) is 3.76. The van der Waals surface area contributed by atoms with Gasteiger partial charge < -0.3 is 20.1 Å². The summed E-state index contributed by atoms with van der Waals surface area (Å²) in [6, 6.07) is 7.63. The van der Waals surface area contributed by atoms with Gasteiger partial charge in [-0.1, -0.05) is 23.7 Å². The van der Waals surface area contributed by atoms with Crippen LogP contribution in [0.2, 0.25) is 5.02 Å². The number of benzene rings is 1. The van der Waals surface area contributed by atoms with E-state index in [1.54, 1.807) is 0 Å². The minimum Gasteiger partial charge on any atom is -0.376 e. The summed E-state index contributed by atoms with van der Waals surface area (Å²) in [6.45, 7) is 5.14. The van der Waals surface area contributed by atoms with E-state index in [1.165, 1.54) is 13.3 Å². The van der Waals surface area contributed by atoms with Crippen molar-refractivity contribution in [3.63, 3.8) is 0 Å². The summed E-state index contributed by atoms with van der Waals surface area (Å²) < 4.78 is 11.8. The molecule has 1 saturated carbocycles. The number of amides is 1. The molecular weight excluding hydrogens is 427 g/mol. The molecule has 7 nitrogen and oxygen atoms in total. The Morgan fingerprint density at radius 1 is 1.27 bits per heavy atom. The van der Waals surface area contributed by atoms with Crippen molar-refractivity contribution in [2.24, 2.45) is 15.9 Å². The molecule has 0 spiro atoms. The van der Waals surface area contributed by atoms with Gasteiger partial charge in [-0.25, -0.2) is 9.98 Å². The number of nitrogens with zero attached hydrogens (tertiary/aromatic N) is 2. The maximum atomic E-state index is 11.0. The van der Waals surface area contributed by atoms with Crippen LogP contribution in [0.25, 0.3) is 0 Å². The van der Waals surface area contributed by atoms with Crippen LogP contribution >= 0.6 is 23.2 Å². The lowest BCUT2D eigenvalue weighted by atomic mass is 9.83. The van der Waals surface area contributed by atoms with Gasteiger partial charge in [0.05, 0.1) is 19.3 Å². The molecule has 0 bridgehead atoms. The summed E-state index contributed by atoms with van der Waals surface area (Å²) in [5.74, 6) is 1.03. The second-order valence-electron chi connectivity index (χ2n) is 7.78. The molecule has 1 fully saturated rings. The van der Waals surface area contributed by atoms with Crippen molar-refractivity contribution in [1.29, 1.82) is 0 Å². The monoisotopic (exact) mass is 454 g/mol. The smallest absolute Gasteiger partial charge is 0.217 e. The maximum Gasteiger partial charge on any atom is 0.217 e. The molecule has 30 heavy (non-hydrogen) atoms. The van der Waals surface area contributed by atoms with Crippen molar-refractivity contribution in [1.82, 2.24) is 10.6 Å². The van der Waals surface area contributed by atoms with Gasteiger partial charge in [-0.05, 0) is 43.4 Å². The lowest BCUT2D eigenvalue weighted by molar-refractivity contribution is -0.120. The first kappa shape index (κ1) is 23.0. The van der Waals surface area contributed by atoms with Gasteiger partial charge in [0.25, 0.3) is 0 Å². The van der Waals surface area contributed by atoms with Crippen LogP contribution in [0.1, 0.15) is 32.3 Å². The van der Waals surface area contributed by atoms with Crippen LogP contribution in [0.4, 0.5) is 0 Å². The summed E-state index contributed by atoms with van der Waals surface area (Å²) in [6.07, 6.45) is 3.12. The highest BCUT2D eigenvalue weighted by Crippen LogP contribution is 2.31. The highest BCUT2D eigenvalue weighted by atomic mass is 35.5. The summed E-state index contributed by atoms with van der Waals surface area (Å²) in [5.41, 5.74) is 1.08. The number of rotatable bonds is 9. The van der Waals surface area contributed by atoms with E-state index >= 15 is 0 Å². The number of carbonyl (C=O) groups excluding carboxylic acids is 1. The molecule has 3 rings (SSSR count). The van der Waals surface area contributed by atoms with Gasteiger partial charge in [0.1, 0.15) is 17.6 Å². The summed E-state index contributed by atoms with van der Waals surface area (Å²) in [7, 11) is 0. The quantitative estimate of drug-likeness (QED) is 0.561. The Hall–Kier alpha value is -1.67. The summed E-state index contributed by atoms with van der Waals surface area (Å²) in [5, 5.41) is 6.31. The molecule has 1 aliphatic carbocycles. The Bertz CT molecular complexity index is 766. The van der Waals surface area contributed by atoms with E-state index in [2.05, 4.69) is 20.6 Å². The number of amidine groups is 1. The average Bonchev–Trinajstić information content (AvgIpc) is 2.67. The molecule has 0 saturated heterocycles. The van der Waals surface area contributed by atoms with E-state index < -0.39 is 11.6 Å². The average molecular weight is 455 g/mol. The first-order valence-electron chi connectivity index (χ1n) is 10.1. The zero-order valence-corrected chi connectivity index (χ0v) is 18.7. The minimum atomic E-state index is -0.465. The van der Waals surface area contributed by atoms with Crippen LogP contribution in [0.5, 0.6) is 0 Å². The van der Waals surface area contributed by atoms with Crippen molar-refractivity contribution < 1.29 is 14.3 Å². The molecule has 1 amide bonds. The van der Waals surface area contributed by atoms with Gasteiger partial charge in [0.15, 0.2) is 6.23 Å². The third-order valence-corrected chi connectivity index (χ3v) is 5.71. The number of halogens is 2. The first-order valence-corrected chi connectivity index (χ1v) is 10.9. The molecule has 164 valence electrons. The van der Waals surface area contributed by atoms with E-state index in [4.69, 9.17) is 32.7 Å². The Morgan fingerprint density at radius 2 is 2.00 bits per heavy atom. The molecule has 9 heteroatoms. The van der Waals surface area contributed by atoms with E-state index in [-0.39, 0.29) is 18.1 Å². The van der Waals surface area contributed by atoms with Gasteiger partial charge in [-0.3, -0.25) is 4.79 Å². The van der Waals surface area contributed by atoms with Crippen molar-refractivity contribution in [3.8, 4) is 0 Å². The van der Waals surface area contributed by atoms with Crippen molar-refractivity contribution >= 4 is 41.3 Å². The van der Waals surface area contributed by atoms with Gasteiger partial charge in [0.2, 0.25) is 5.91 Å². The predicted molar refractivity (Wildman–Crippen MR) is 119 cm³/mol. The van der Waals surface area contributed by atoms with Gasteiger partial charge in [-0.15, -0.1) is 11.6 Å². The number of carbonyl (C=O) groups is 1. The maximum absolute atomic E-state index is 11.0. The van der Waals surface area contributed by atoms with Crippen molar-refractivity contribution in [2.45, 2.75) is 57.0 Å². The third-order valence-electron chi connectivity index (χ3n) is 5.04. The molecule has 3 atom stereocenters.